The molecule has 0 bridgehead atoms. The number of para-hydroxylation sites is 1. The van der Waals surface area contributed by atoms with E-state index in [1.165, 1.54) is 0 Å². The lowest BCUT2D eigenvalue weighted by Crippen LogP contribution is -2.24. The maximum Gasteiger partial charge on any atom is 0.255 e. The molecule has 128 valence electrons. The van der Waals surface area contributed by atoms with Gasteiger partial charge < -0.3 is 20.5 Å². The van der Waals surface area contributed by atoms with E-state index in [1.807, 2.05) is 36.4 Å². The molecule has 0 spiro atoms. The van der Waals surface area contributed by atoms with Crippen molar-refractivity contribution >= 4 is 11.6 Å². The number of nitrogen functional groups attached to an aromatic ring is 1. The molecule has 0 saturated heterocycles. The number of methoxy groups -OCH3 is 1. The number of amides is 1. The average molecular weight is 328 g/mol. The molecule has 24 heavy (non-hydrogen) atoms. The van der Waals surface area contributed by atoms with Crippen LogP contribution in [0.5, 0.6) is 11.5 Å². The summed E-state index contributed by atoms with van der Waals surface area (Å²) in [5.74, 6) is 1.31. The van der Waals surface area contributed by atoms with Crippen molar-refractivity contribution in [2.24, 2.45) is 0 Å². The number of nitrogens with two attached hydrogens (primary N) is 1. The van der Waals surface area contributed by atoms with Gasteiger partial charge in [-0.1, -0.05) is 12.1 Å². The number of rotatable bonds is 9. The van der Waals surface area contributed by atoms with Gasteiger partial charge in [0.25, 0.3) is 5.91 Å². The molecular formula is C19H24N2O3. The van der Waals surface area contributed by atoms with Gasteiger partial charge in [-0.15, -0.1) is 0 Å². The number of benzene rings is 2. The third-order valence-electron chi connectivity index (χ3n) is 3.61. The zero-order chi connectivity index (χ0) is 17.2. The Morgan fingerprint density at radius 1 is 1.04 bits per heavy atom. The topological polar surface area (TPSA) is 73.6 Å². The van der Waals surface area contributed by atoms with Crippen LogP contribution in [0.2, 0.25) is 0 Å². The van der Waals surface area contributed by atoms with Gasteiger partial charge in [-0.2, -0.15) is 0 Å². The molecule has 5 nitrogen and oxygen atoms in total. The van der Waals surface area contributed by atoms with E-state index in [0.29, 0.717) is 24.5 Å². The number of hydrogen-bond donors (Lipinski definition) is 2. The number of ether oxygens (including phenoxy) is 2. The lowest BCUT2D eigenvalue weighted by molar-refractivity contribution is 0.0950. The number of carbonyl (C=O) groups is 1. The Morgan fingerprint density at radius 3 is 2.54 bits per heavy atom. The molecular weight excluding hydrogens is 304 g/mol. The minimum absolute atomic E-state index is 0.106. The van der Waals surface area contributed by atoms with Crippen molar-refractivity contribution < 1.29 is 14.3 Å². The summed E-state index contributed by atoms with van der Waals surface area (Å²) in [4.78, 5) is 12.1. The number of anilines is 1. The molecule has 0 heterocycles. The van der Waals surface area contributed by atoms with Gasteiger partial charge >= 0.3 is 0 Å². The van der Waals surface area contributed by atoms with Crippen LogP contribution >= 0.6 is 0 Å². The Hall–Kier alpha value is -2.69. The first kappa shape index (κ1) is 17.7. The first-order valence-corrected chi connectivity index (χ1v) is 8.10. The van der Waals surface area contributed by atoms with Crippen LogP contribution in [0.1, 0.15) is 29.6 Å². The van der Waals surface area contributed by atoms with E-state index in [2.05, 4.69) is 5.32 Å². The molecule has 0 aliphatic carbocycles. The first-order chi connectivity index (χ1) is 11.7. The van der Waals surface area contributed by atoms with Gasteiger partial charge in [-0.25, -0.2) is 0 Å². The Labute approximate surface area is 142 Å². The molecule has 0 atom stereocenters. The summed E-state index contributed by atoms with van der Waals surface area (Å²) in [6.07, 6.45) is 2.84. The largest absolute Gasteiger partial charge is 0.496 e. The van der Waals surface area contributed by atoms with E-state index in [-0.39, 0.29) is 5.91 Å². The van der Waals surface area contributed by atoms with Crippen LogP contribution in [0, 0.1) is 0 Å². The van der Waals surface area contributed by atoms with Gasteiger partial charge in [0.2, 0.25) is 0 Å². The molecule has 0 saturated carbocycles. The molecule has 2 rings (SSSR count). The first-order valence-electron chi connectivity index (χ1n) is 8.10. The second-order valence-electron chi connectivity index (χ2n) is 5.43. The zero-order valence-corrected chi connectivity index (χ0v) is 14.0. The van der Waals surface area contributed by atoms with E-state index in [1.54, 1.807) is 19.2 Å². The van der Waals surface area contributed by atoms with E-state index in [4.69, 9.17) is 15.2 Å². The fraction of sp³-hybridized carbons (Fsp3) is 0.316. The summed E-state index contributed by atoms with van der Waals surface area (Å²) < 4.78 is 10.8. The standard InChI is InChI=1S/C19H24N2O3/c1-23-18-8-4-3-7-17(18)19(22)21-13-5-2-6-14-24-16-11-9-15(20)10-12-16/h3-4,7-12H,2,5-6,13-14,20H2,1H3,(H,21,22). The Kier molecular flexibility index (Phi) is 6.95. The van der Waals surface area contributed by atoms with Gasteiger partial charge in [0.15, 0.2) is 0 Å². The van der Waals surface area contributed by atoms with Crippen LogP contribution in [0.3, 0.4) is 0 Å². The minimum atomic E-state index is -0.106. The van der Waals surface area contributed by atoms with Crippen molar-refractivity contribution in [2.45, 2.75) is 19.3 Å². The normalized spacial score (nSPS) is 10.2. The quantitative estimate of drug-likeness (QED) is 0.547. The monoisotopic (exact) mass is 328 g/mol. The highest BCUT2D eigenvalue weighted by Crippen LogP contribution is 2.17. The highest BCUT2D eigenvalue weighted by Gasteiger charge is 2.10. The number of carbonyl (C=O) groups excluding carboxylic acids is 1. The molecule has 5 heteroatoms. The van der Waals surface area contributed by atoms with Crippen LogP contribution in [0.15, 0.2) is 48.5 Å². The predicted molar refractivity (Wildman–Crippen MR) is 95.5 cm³/mol. The third kappa shape index (κ3) is 5.50. The zero-order valence-electron chi connectivity index (χ0n) is 14.0. The van der Waals surface area contributed by atoms with E-state index < -0.39 is 0 Å². The average Bonchev–Trinajstić information content (AvgIpc) is 2.62. The van der Waals surface area contributed by atoms with Crippen molar-refractivity contribution in [2.75, 3.05) is 26.0 Å². The van der Waals surface area contributed by atoms with Gasteiger partial charge in [0.1, 0.15) is 11.5 Å². The van der Waals surface area contributed by atoms with Crippen molar-refractivity contribution in [3.8, 4) is 11.5 Å². The van der Waals surface area contributed by atoms with Crippen molar-refractivity contribution in [1.82, 2.24) is 5.32 Å². The summed E-state index contributed by atoms with van der Waals surface area (Å²) in [6, 6.07) is 14.6. The summed E-state index contributed by atoms with van der Waals surface area (Å²) in [5, 5.41) is 2.91. The molecule has 1 amide bonds. The molecule has 2 aromatic rings. The van der Waals surface area contributed by atoms with Gasteiger partial charge in [-0.3, -0.25) is 4.79 Å². The fourth-order valence-corrected chi connectivity index (χ4v) is 2.29. The van der Waals surface area contributed by atoms with Crippen molar-refractivity contribution in [1.29, 1.82) is 0 Å². The van der Waals surface area contributed by atoms with Crippen molar-refractivity contribution in [3.63, 3.8) is 0 Å². The smallest absolute Gasteiger partial charge is 0.255 e. The SMILES string of the molecule is COc1ccccc1C(=O)NCCCCCOc1ccc(N)cc1. The number of unbranched alkanes of at least 4 members (excludes halogenated alkanes) is 2. The fourth-order valence-electron chi connectivity index (χ4n) is 2.29. The lowest BCUT2D eigenvalue weighted by atomic mass is 10.2. The molecule has 0 unspecified atom stereocenters. The molecule has 2 aromatic carbocycles. The van der Waals surface area contributed by atoms with Crippen LogP contribution in [0.4, 0.5) is 5.69 Å². The van der Waals surface area contributed by atoms with Crippen LogP contribution in [-0.4, -0.2) is 26.2 Å². The molecule has 0 aliphatic rings. The Morgan fingerprint density at radius 2 is 1.79 bits per heavy atom. The molecule has 3 N–H and O–H groups in total. The second kappa shape index (κ2) is 9.45. The summed E-state index contributed by atoms with van der Waals surface area (Å²) >= 11 is 0. The molecule has 0 aliphatic heterocycles. The Bertz CT molecular complexity index is 641. The lowest BCUT2D eigenvalue weighted by Gasteiger charge is -2.09. The molecule has 0 aromatic heterocycles. The van der Waals surface area contributed by atoms with Crippen LogP contribution in [0.25, 0.3) is 0 Å². The minimum Gasteiger partial charge on any atom is -0.496 e. The maximum atomic E-state index is 12.1. The van der Waals surface area contributed by atoms with Crippen LogP contribution < -0.4 is 20.5 Å². The van der Waals surface area contributed by atoms with Gasteiger partial charge in [0, 0.05) is 12.2 Å². The highest BCUT2D eigenvalue weighted by molar-refractivity contribution is 5.96. The van der Waals surface area contributed by atoms with Crippen LogP contribution in [-0.2, 0) is 0 Å². The molecule has 0 radical (unpaired) electrons. The van der Waals surface area contributed by atoms with E-state index >= 15 is 0 Å². The molecule has 0 fully saturated rings. The number of hydrogen-bond acceptors (Lipinski definition) is 4. The predicted octanol–water partition coefficient (Wildman–Crippen LogP) is 3.26. The summed E-state index contributed by atoms with van der Waals surface area (Å²) in [6.45, 7) is 1.29. The highest BCUT2D eigenvalue weighted by atomic mass is 16.5. The number of nitrogens with one attached hydrogen (secondary N) is 1. The van der Waals surface area contributed by atoms with E-state index in [9.17, 15) is 4.79 Å². The second-order valence-corrected chi connectivity index (χ2v) is 5.43. The van der Waals surface area contributed by atoms with Gasteiger partial charge in [0.05, 0.1) is 19.3 Å². The Balaban J connectivity index is 1.59. The maximum absolute atomic E-state index is 12.1. The summed E-state index contributed by atoms with van der Waals surface area (Å²) in [5.41, 5.74) is 6.91. The van der Waals surface area contributed by atoms with Gasteiger partial charge in [-0.05, 0) is 55.7 Å². The third-order valence-corrected chi connectivity index (χ3v) is 3.61. The summed E-state index contributed by atoms with van der Waals surface area (Å²) in [7, 11) is 1.56. The van der Waals surface area contributed by atoms with Crippen molar-refractivity contribution in [3.05, 3.63) is 54.1 Å². The van der Waals surface area contributed by atoms with E-state index in [0.717, 1.165) is 30.7 Å².